The molecule has 0 saturated carbocycles. The van der Waals surface area contributed by atoms with Crippen LogP contribution in [0.4, 0.5) is 5.69 Å². The molecule has 3 aromatic heterocycles. The minimum absolute atomic E-state index is 0.124. The molecule has 0 atom stereocenters. The van der Waals surface area contributed by atoms with Crippen molar-refractivity contribution in [1.29, 1.82) is 0 Å². The van der Waals surface area contributed by atoms with Gasteiger partial charge < -0.3 is 14.2 Å². The molecule has 1 amide bonds. The van der Waals surface area contributed by atoms with Gasteiger partial charge in [-0.2, -0.15) is 4.52 Å². The number of carbonyl (C=O) groups is 1. The molecule has 24 heavy (non-hydrogen) atoms. The van der Waals surface area contributed by atoms with Gasteiger partial charge in [0.1, 0.15) is 11.9 Å². The number of hydrogen-bond donors (Lipinski definition) is 1. The van der Waals surface area contributed by atoms with Crippen LogP contribution in [-0.4, -0.2) is 31.5 Å². The highest BCUT2D eigenvalue weighted by atomic mass is 32.2. The van der Waals surface area contributed by atoms with E-state index in [2.05, 4.69) is 20.6 Å². The molecule has 0 spiro atoms. The van der Waals surface area contributed by atoms with Gasteiger partial charge in [0.2, 0.25) is 5.91 Å². The van der Waals surface area contributed by atoms with Gasteiger partial charge in [0, 0.05) is 17.1 Å². The number of hydrogen-bond acceptors (Lipinski definition) is 8. The molecular weight excluding hydrogens is 334 g/mol. The number of fused-ring (bicyclic) bond motifs is 2. The number of rotatable bonds is 4. The fourth-order valence-electron chi connectivity index (χ4n) is 2.07. The van der Waals surface area contributed by atoms with Gasteiger partial charge in [-0.15, -0.1) is 10.2 Å². The molecule has 0 bridgehead atoms. The number of benzene rings is 1. The Balaban J connectivity index is 1.42. The summed E-state index contributed by atoms with van der Waals surface area (Å²) in [5, 5.41) is 15.2. The second kappa shape index (κ2) is 5.81. The molecule has 0 radical (unpaired) electrons. The monoisotopic (exact) mass is 343 g/mol. The second-order valence-electron chi connectivity index (χ2n) is 4.77. The van der Waals surface area contributed by atoms with Crippen LogP contribution in [-0.2, 0) is 4.79 Å². The van der Waals surface area contributed by atoms with E-state index in [9.17, 15) is 9.59 Å². The smallest absolute Gasteiger partial charge is 0.345 e. The highest BCUT2D eigenvalue weighted by molar-refractivity contribution is 7.99. The van der Waals surface area contributed by atoms with Crippen molar-refractivity contribution in [2.45, 2.75) is 5.22 Å². The highest BCUT2D eigenvalue weighted by Crippen LogP contribution is 2.20. The maximum Gasteiger partial charge on any atom is 0.345 e. The maximum absolute atomic E-state index is 12.0. The molecule has 120 valence electrons. The zero-order chi connectivity index (χ0) is 16.5. The van der Waals surface area contributed by atoms with Crippen molar-refractivity contribution in [2.75, 3.05) is 11.1 Å². The predicted octanol–water partition coefficient (Wildman–Crippen LogP) is 1.55. The van der Waals surface area contributed by atoms with E-state index in [1.807, 2.05) is 0 Å². The topological polar surface area (TPSA) is 116 Å². The number of nitrogens with one attached hydrogen (secondary N) is 1. The Bertz CT molecular complexity index is 1070. The van der Waals surface area contributed by atoms with Gasteiger partial charge in [0.25, 0.3) is 5.22 Å². The van der Waals surface area contributed by atoms with Crippen LogP contribution < -0.4 is 10.9 Å². The van der Waals surface area contributed by atoms with E-state index >= 15 is 0 Å². The molecule has 0 fully saturated rings. The zero-order valence-electron chi connectivity index (χ0n) is 12.0. The zero-order valence-corrected chi connectivity index (χ0v) is 12.8. The lowest BCUT2D eigenvalue weighted by molar-refractivity contribution is -0.113. The summed E-state index contributed by atoms with van der Waals surface area (Å²) in [6.45, 7) is 0. The molecule has 0 aliphatic heterocycles. The number of thioether (sulfide) groups is 1. The van der Waals surface area contributed by atoms with Gasteiger partial charge in [-0.1, -0.05) is 16.9 Å². The molecule has 9 nitrogen and oxygen atoms in total. The molecule has 0 saturated heterocycles. The van der Waals surface area contributed by atoms with Gasteiger partial charge in [-0.25, -0.2) is 4.79 Å². The summed E-state index contributed by atoms with van der Waals surface area (Å²) < 4.78 is 11.7. The van der Waals surface area contributed by atoms with E-state index in [0.29, 0.717) is 16.5 Å². The first-order chi connectivity index (χ1) is 11.7. The molecule has 10 heteroatoms. The van der Waals surface area contributed by atoms with Crippen LogP contribution >= 0.6 is 11.8 Å². The first kappa shape index (κ1) is 14.5. The Kier molecular flexibility index (Phi) is 3.50. The molecular formula is C14H9N5O4S. The lowest BCUT2D eigenvalue weighted by Gasteiger charge is -2.05. The SMILES string of the molecule is O=C(CSc1nn2cnnc2o1)Nc1ccc2oc(=O)ccc2c1. The molecule has 1 aromatic carbocycles. The van der Waals surface area contributed by atoms with Crippen LogP contribution in [0.2, 0.25) is 0 Å². The lowest BCUT2D eigenvalue weighted by Crippen LogP contribution is -2.14. The van der Waals surface area contributed by atoms with E-state index < -0.39 is 5.63 Å². The normalized spacial score (nSPS) is 11.2. The predicted molar refractivity (Wildman–Crippen MR) is 84.9 cm³/mol. The minimum atomic E-state index is -0.414. The van der Waals surface area contributed by atoms with Gasteiger partial charge in [0.05, 0.1) is 5.75 Å². The first-order valence-corrected chi connectivity index (χ1v) is 7.79. The molecule has 3 heterocycles. The maximum atomic E-state index is 12.0. The summed E-state index contributed by atoms with van der Waals surface area (Å²) in [7, 11) is 0. The standard InChI is InChI=1S/C14H9N5O4S/c20-11(6-24-14-18-19-7-15-17-13(19)23-14)16-9-2-3-10-8(5-9)1-4-12(21)22-10/h1-5,7H,6H2,(H,16,20). The number of amides is 1. The number of anilines is 1. The van der Waals surface area contributed by atoms with E-state index in [0.717, 1.165) is 17.1 Å². The third-order valence-corrected chi connectivity index (χ3v) is 3.92. The van der Waals surface area contributed by atoms with Crippen molar-refractivity contribution in [2.24, 2.45) is 0 Å². The highest BCUT2D eigenvalue weighted by Gasteiger charge is 2.11. The summed E-state index contributed by atoms with van der Waals surface area (Å²) in [5.74, 6) is 0.179. The minimum Gasteiger partial charge on any atom is -0.423 e. The van der Waals surface area contributed by atoms with Gasteiger partial charge in [0.15, 0.2) is 0 Å². The van der Waals surface area contributed by atoms with Crippen molar-refractivity contribution in [3.05, 3.63) is 47.1 Å². The van der Waals surface area contributed by atoms with Gasteiger partial charge in [-0.3, -0.25) is 4.79 Å². The molecule has 1 N–H and O–H groups in total. The summed E-state index contributed by atoms with van der Waals surface area (Å²) in [6, 6.07) is 8.00. The Morgan fingerprint density at radius 1 is 1.25 bits per heavy atom. The van der Waals surface area contributed by atoms with Crippen LogP contribution in [0.15, 0.2) is 55.5 Å². The molecule has 0 aliphatic rings. The largest absolute Gasteiger partial charge is 0.423 e. The Morgan fingerprint density at radius 2 is 2.17 bits per heavy atom. The van der Waals surface area contributed by atoms with Crippen LogP contribution in [0, 0.1) is 0 Å². The van der Waals surface area contributed by atoms with Gasteiger partial charge >= 0.3 is 11.5 Å². The van der Waals surface area contributed by atoms with Crippen molar-refractivity contribution < 1.29 is 13.6 Å². The van der Waals surface area contributed by atoms with E-state index in [4.69, 9.17) is 8.83 Å². The Morgan fingerprint density at radius 3 is 3.04 bits per heavy atom. The summed E-state index contributed by atoms with van der Waals surface area (Å²) in [5.41, 5.74) is 0.656. The number of nitrogens with zero attached hydrogens (tertiary/aromatic N) is 4. The number of aromatic nitrogens is 4. The van der Waals surface area contributed by atoms with Crippen molar-refractivity contribution >= 4 is 40.2 Å². The van der Waals surface area contributed by atoms with E-state index in [1.54, 1.807) is 24.3 Å². The third kappa shape index (κ3) is 2.86. The summed E-state index contributed by atoms with van der Waals surface area (Å²) >= 11 is 1.15. The third-order valence-electron chi connectivity index (χ3n) is 3.10. The molecule has 4 rings (SSSR count). The van der Waals surface area contributed by atoms with E-state index in [1.165, 1.54) is 16.9 Å². The Labute approximate surface area is 137 Å². The van der Waals surface area contributed by atoms with Crippen molar-refractivity contribution in [1.82, 2.24) is 19.8 Å². The molecule has 4 aromatic rings. The average Bonchev–Trinajstić information content (AvgIpc) is 3.14. The quantitative estimate of drug-likeness (QED) is 0.438. The lowest BCUT2D eigenvalue weighted by atomic mass is 10.2. The van der Waals surface area contributed by atoms with Crippen molar-refractivity contribution in [3.8, 4) is 0 Å². The fourth-order valence-corrected chi connectivity index (χ4v) is 2.68. The van der Waals surface area contributed by atoms with Crippen LogP contribution in [0.5, 0.6) is 0 Å². The van der Waals surface area contributed by atoms with Crippen LogP contribution in [0.1, 0.15) is 0 Å². The Hall–Kier alpha value is -3.14. The van der Waals surface area contributed by atoms with Crippen LogP contribution in [0.25, 0.3) is 16.8 Å². The summed E-state index contributed by atoms with van der Waals surface area (Å²) in [6.07, 6.45) is 1.41. The van der Waals surface area contributed by atoms with Crippen LogP contribution in [0.3, 0.4) is 0 Å². The van der Waals surface area contributed by atoms with E-state index in [-0.39, 0.29) is 17.5 Å². The van der Waals surface area contributed by atoms with Crippen molar-refractivity contribution in [3.63, 3.8) is 0 Å². The first-order valence-electron chi connectivity index (χ1n) is 6.81. The van der Waals surface area contributed by atoms with Gasteiger partial charge in [-0.05, 0) is 24.3 Å². The average molecular weight is 343 g/mol. The number of carbonyl (C=O) groups excluding carboxylic acids is 1. The summed E-state index contributed by atoms with van der Waals surface area (Å²) in [4.78, 5) is 23.2. The fraction of sp³-hybridized carbons (Fsp3) is 0.0714. The molecule has 0 aliphatic carbocycles. The molecule has 0 unspecified atom stereocenters. The second-order valence-corrected chi connectivity index (χ2v) is 5.70.